The van der Waals surface area contributed by atoms with Gasteiger partial charge in [-0.05, 0) is 79.9 Å². The van der Waals surface area contributed by atoms with Gasteiger partial charge >= 0.3 is 0 Å². The molecule has 0 nitrogen and oxygen atoms in total. The molecule has 2 fully saturated rings. The predicted octanol–water partition coefficient (Wildman–Crippen LogP) is 7.24. The van der Waals surface area contributed by atoms with Crippen molar-refractivity contribution in [3.63, 3.8) is 0 Å². The molecule has 2 heteroatoms. The first-order valence-electron chi connectivity index (χ1n) is 10.1. The van der Waals surface area contributed by atoms with Gasteiger partial charge in [0.15, 0.2) is 11.6 Å². The summed E-state index contributed by atoms with van der Waals surface area (Å²) in [6.45, 7) is 2.29. The Morgan fingerprint density at radius 2 is 1.46 bits per heavy atom. The van der Waals surface area contributed by atoms with Gasteiger partial charge in [-0.25, -0.2) is 8.78 Å². The van der Waals surface area contributed by atoms with Gasteiger partial charge < -0.3 is 0 Å². The molecule has 1 aromatic carbocycles. The monoisotopic (exact) mass is 334 g/mol. The van der Waals surface area contributed by atoms with Crippen molar-refractivity contribution in [2.45, 2.75) is 83.5 Å². The van der Waals surface area contributed by atoms with E-state index in [9.17, 15) is 8.78 Å². The number of halogens is 2. The van der Waals surface area contributed by atoms with E-state index < -0.39 is 11.6 Å². The number of hydrogen-bond acceptors (Lipinski definition) is 0. The first kappa shape index (κ1) is 17.9. The highest BCUT2D eigenvalue weighted by Gasteiger charge is 2.31. The number of benzene rings is 1. The van der Waals surface area contributed by atoms with Crippen LogP contribution < -0.4 is 0 Å². The van der Waals surface area contributed by atoms with Crippen LogP contribution in [-0.2, 0) is 0 Å². The van der Waals surface area contributed by atoms with E-state index in [1.165, 1.54) is 69.9 Å². The van der Waals surface area contributed by atoms with Gasteiger partial charge in [0.05, 0.1) is 0 Å². The van der Waals surface area contributed by atoms with E-state index in [4.69, 9.17) is 0 Å². The molecule has 3 rings (SSSR count). The molecule has 0 bridgehead atoms. The van der Waals surface area contributed by atoms with Crippen molar-refractivity contribution >= 4 is 0 Å². The topological polar surface area (TPSA) is 0 Å². The third-order valence-corrected chi connectivity index (χ3v) is 6.71. The first-order chi connectivity index (χ1) is 11.7. The lowest BCUT2D eigenvalue weighted by molar-refractivity contribution is 0.156. The summed E-state index contributed by atoms with van der Waals surface area (Å²) in [5, 5.41) is 0. The van der Waals surface area contributed by atoms with E-state index in [0.29, 0.717) is 5.92 Å². The zero-order valence-corrected chi connectivity index (χ0v) is 15.1. The van der Waals surface area contributed by atoms with Gasteiger partial charge in [-0.3, -0.25) is 0 Å². The van der Waals surface area contributed by atoms with Gasteiger partial charge in [0.1, 0.15) is 0 Å². The van der Waals surface area contributed by atoms with Gasteiger partial charge in [-0.1, -0.05) is 45.1 Å². The average Bonchev–Trinajstić information content (AvgIpc) is 2.63. The third kappa shape index (κ3) is 4.37. The Balaban J connectivity index is 1.46. The summed E-state index contributed by atoms with van der Waals surface area (Å²) in [6, 6.07) is 4.48. The summed E-state index contributed by atoms with van der Waals surface area (Å²) in [6.07, 6.45) is 14.7. The van der Waals surface area contributed by atoms with Crippen LogP contribution in [0, 0.1) is 29.4 Å². The molecule has 0 atom stereocenters. The van der Waals surface area contributed by atoms with Crippen molar-refractivity contribution < 1.29 is 8.78 Å². The number of rotatable bonds is 5. The fourth-order valence-electron chi connectivity index (χ4n) is 5.13. The van der Waals surface area contributed by atoms with E-state index >= 15 is 0 Å². The second-order valence-electron chi connectivity index (χ2n) is 8.21. The van der Waals surface area contributed by atoms with Crippen LogP contribution in [0.2, 0.25) is 0 Å². The molecule has 0 saturated heterocycles. The lowest BCUT2D eigenvalue weighted by Gasteiger charge is -2.38. The molecular weight excluding hydrogens is 302 g/mol. The zero-order valence-electron chi connectivity index (χ0n) is 15.1. The molecule has 2 aliphatic rings. The second kappa shape index (κ2) is 8.45. The normalized spacial score (nSPS) is 31.1. The largest absolute Gasteiger partial charge is 0.204 e. The van der Waals surface area contributed by atoms with Crippen LogP contribution in [0.15, 0.2) is 18.2 Å². The zero-order chi connectivity index (χ0) is 16.9. The molecule has 0 N–H and O–H groups in total. The summed E-state index contributed by atoms with van der Waals surface area (Å²) in [5.41, 5.74) is 0.996. The van der Waals surface area contributed by atoms with Gasteiger partial charge in [-0.15, -0.1) is 0 Å². The summed E-state index contributed by atoms with van der Waals surface area (Å²) >= 11 is 0. The van der Waals surface area contributed by atoms with Crippen LogP contribution in [-0.4, -0.2) is 0 Å². The first-order valence-corrected chi connectivity index (χ1v) is 10.1. The summed E-state index contributed by atoms with van der Waals surface area (Å²) < 4.78 is 26.6. The van der Waals surface area contributed by atoms with Crippen LogP contribution in [0.25, 0.3) is 0 Å². The summed E-state index contributed by atoms with van der Waals surface area (Å²) in [7, 11) is 0. The van der Waals surface area contributed by atoms with Gasteiger partial charge in [-0.2, -0.15) is 0 Å². The van der Waals surface area contributed by atoms with Crippen molar-refractivity contribution in [1.29, 1.82) is 0 Å². The molecular formula is C22H32F2. The van der Waals surface area contributed by atoms with Gasteiger partial charge in [0, 0.05) is 0 Å². The van der Waals surface area contributed by atoms with Crippen LogP contribution >= 0.6 is 0 Å². The minimum Gasteiger partial charge on any atom is -0.204 e. The molecule has 24 heavy (non-hydrogen) atoms. The number of hydrogen-bond donors (Lipinski definition) is 0. The van der Waals surface area contributed by atoms with E-state index in [2.05, 4.69) is 6.92 Å². The predicted molar refractivity (Wildman–Crippen MR) is 96.0 cm³/mol. The molecule has 0 heterocycles. The molecule has 0 aliphatic heterocycles. The fourth-order valence-corrected chi connectivity index (χ4v) is 5.13. The van der Waals surface area contributed by atoms with Gasteiger partial charge in [0.25, 0.3) is 0 Å². The van der Waals surface area contributed by atoms with Crippen LogP contribution in [0.1, 0.15) is 89.0 Å². The Morgan fingerprint density at radius 3 is 2.04 bits per heavy atom. The van der Waals surface area contributed by atoms with Crippen LogP contribution in [0.4, 0.5) is 8.78 Å². The average molecular weight is 334 g/mol. The van der Waals surface area contributed by atoms with Crippen molar-refractivity contribution in [1.82, 2.24) is 0 Å². The molecule has 134 valence electrons. The lowest BCUT2D eigenvalue weighted by Crippen LogP contribution is -2.25. The molecule has 1 aromatic rings. The quantitative estimate of drug-likeness (QED) is 0.532. The minimum atomic E-state index is -0.729. The Morgan fingerprint density at radius 1 is 0.833 bits per heavy atom. The highest BCUT2D eigenvalue weighted by molar-refractivity contribution is 5.22. The van der Waals surface area contributed by atoms with E-state index in [1.54, 1.807) is 6.07 Å². The van der Waals surface area contributed by atoms with Crippen LogP contribution in [0.3, 0.4) is 0 Å². The standard InChI is InChI=1S/C22H32F2/c1-2-3-4-16-5-7-17(8-6-16)18-9-11-19(12-10-18)20-13-14-21(23)22(24)15-20/h13-19H,2-12H2,1H3. The Labute approximate surface area is 146 Å². The molecule has 0 amide bonds. The van der Waals surface area contributed by atoms with E-state index in [1.807, 2.05) is 0 Å². The van der Waals surface area contributed by atoms with Gasteiger partial charge in [0.2, 0.25) is 0 Å². The molecule has 0 radical (unpaired) electrons. The fraction of sp³-hybridized carbons (Fsp3) is 0.727. The highest BCUT2D eigenvalue weighted by Crippen LogP contribution is 2.44. The van der Waals surface area contributed by atoms with Crippen molar-refractivity contribution in [3.8, 4) is 0 Å². The summed E-state index contributed by atoms with van der Waals surface area (Å²) in [4.78, 5) is 0. The Kier molecular flexibility index (Phi) is 6.30. The lowest BCUT2D eigenvalue weighted by atomic mass is 9.68. The van der Waals surface area contributed by atoms with Crippen molar-refractivity contribution in [2.75, 3.05) is 0 Å². The molecule has 0 aromatic heterocycles. The maximum Gasteiger partial charge on any atom is 0.159 e. The van der Waals surface area contributed by atoms with E-state index in [-0.39, 0.29) is 0 Å². The molecule has 0 unspecified atom stereocenters. The Hall–Kier alpha value is -0.920. The van der Waals surface area contributed by atoms with Crippen molar-refractivity contribution in [3.05, 3.63) is 35.4 Å². The SMILES string of the molecule is CCCCC1CCC(C2CCC(c3ccc(F)c(F)c3)CC2)CC1. The minimum absolute atomic E-state index is 0.428. The highest BCUT2D eigenvalue weighted by atomic mass is 19.2. The van der Waals surface area contributed by atoms with E-state index in [0.717, 1.165) is 36.2 Å². The van der Waals surface area contributed by atoms with Crippen molar-refractivity contribution in [2.24, 2.45) is 17.8 Å². The summed E-state index contributed by atoms with van der Waals surface area (Å²) in [5.74, 6) is 1.79. The van der Waals surface area contributed by atoms with Crippen LogP contribution in [0.5, 0.6) is 0 Å². The number of unbranched alkanes of at least 4 members (excludes halogenated alkanes) is 1. The molecule has 2 saturated carbocycles. The maximum absolute atomic E-state index is 13.5. The smallest absolute Gasteiger partial charge is 0.159 e. The second-order valence-corrected chi connectivity index (χ2v) is 8.21. The Bertz CT molecular complexity index is 509. The molecule has 2 aliphatic carbocycles. The molecule has 0 spiro atoms. The maximum atomic E-state index is 13.5. The third-order valence-electron chi connectivity index (χ3n) is 6.71.